The highest BCUT2D eigenvalue weighted by atomic mass is 32.2. The molecule has 3 aromatic heterocycles. The summed E-state index contributed by atoms with van der Waals surface area (Å²) in [6, 6.07) is 4.15. The fourth-order valence-corrected chi connectivity index (χ4v) is 3.81. The van der Waals surface area contributed by atoms with Gasteiger partial charge in [0.2, 0.25) is 5.89 Å². The van der Waals surface area contributed by atoms with Crippen molar-refractivity contribution >= 4 is 11.8 Å². The molecule has 0 aromatic carbocycles. The van der Waals surface area contributed by atoms with Crippen molar-refractivity contribution in [3.05, 3.63) is 35.9 Å². The van der Waals surface area contributed by atoms with Crippen LogP contribution in [0, 0.1) is 0 Å². The lowest BCUT2D eigenvalue weighted by Gasteiger charge is -2.19. The van der Waals surface area contributed by atoms with E-state index in [4.69, 9.17) is 8.94 Å². The molecule has 26 heavy (non-hydrogen) atoms. The van der Waals surface area contributed by atoms with Crippen LogP contribution in [0.25, 0.3) is 0 Å². The summed E-state index contributed by atoms with van der Waals surface area (Å²) < 4.78 is 13.4. The minimum Gasteiger partial charge on any atom is -0.453 e. The van der Waals surface area contributed by atoms with Gasteiger partial charge in [-0.1, -0.05) is 19.0 Å². The average Bonchev–Trinajstić information content (AvgIpc) is 3.37. The molecule has 0 aliphatic carbocycles. The molecule has 1 fully saturated rings. The Morgan fingerprint density at radius 2 is 2.23 bits per heavy atom. The zero-order chi connectivity index (χ0) is 18.1. The molecule has 1 aliphatic rings. The third kappa shape index (κ3) is 3.54. The van der Waals surface area contributed by atoms with E-state index in [0.717, 1.165) is 47.8 Å². The number of hydrogen-bond donors (Lipinski definition) is 0. The van der Waals surface area contributed by atoms with E-state index >= 15 is 0 Å². The van der Waals surface area contributed by atoms with Crippen molar-refractivity contribution in [1.82, 2.24) is 29.8 Å². The normalized spacial score (nSPS) is 18.2. The smallest absolute Gasteiger partial charge is 0.244 e. The van der Waals surface area contributed by atoms with Gasteiger partial charge in [-0.25, -0.2) is 0 Å². The van der Waals surface area contributed by atoms with Gasteiger partial charge in [0, 0.05) is 13.0 Å². The fraction of sp³-hybridized carbons (Fsp3) is 0.529. The van der Waals surface area contributed by atoms with E-state index in [0.29, 0.717) is 5.89 Å². The summed E-state index contributed by atoms with van der Waals surface area (Å²) in [5.41, 5.74) is 0. The van der Waals surface area contributed by atoms with Gasteiger partial charge >= 0.3 is 0 Å². The molecule has 0 saturated carbocycles. The third-order valence-corrected chi connectivity index (χ3v) is 5.45. The Bertz CT molecular complexity index is 870. The molecular weight excluding hydrogens is 352 g/mol. The van der Waals surface area contributed by atoms with Gasteiger partial charge in [-0.3, -0.25) is 4.90 Å². The first-order chi connectivity index (χ1) is 12.6. The van der Waals surface area contributed by atoms with Crippen molar-refractivity contribution < 1.29 is 8.94 Å². The summed E-state index contributed by atoms with van der Waals surface area (Å²) in [5, 5.41) is 13.7. The molecule has 8 nitrogen and oxygen atoms in total. The largest absolute Gasteiger partial charge is 0.453 e. The van der Waals surface area contributed by atoms with Gasteiger partial charge < -0.3 is 13.5 Å². The number of aryl methyl sites for hydroxylation is 1. The highest BCUT2D eigenvalue weighted by Gasteiger charge is 2.31. The van der Waals surface area contributed by atoms with Crippen LogP contribution >= 0.6 is 11.8 Å². The standard InChI is InChI=1S/C17H22N6O2S/c1-11(2)15-19-16(25-21-15)13-5-4-8-23(13)9-12-6-7-14(24-12)26-17-20-18-10-22(17)3/h6-7,10-11,13H,4-5,8-9H2,1-3H3. The lowest BCUT2D eigenvalue weighted by molar-refractivity contribution is 0.185. The van der Waals surface area contributed by atoms with Gasteiger partial charge in [-0.15, -0.1) is 10.2 Å². The van der Waals surface area contributed by atoms with E-state index in [1.165, 1.54) is 11.8 Å². The summed E-state index contributed by atoms with van der Waals surface area (Å²) in [6.07, 6.45) is 3.82. The molecule has 4 heterocycles. The Morgan fingerprint density at radius 1 is 1.35 bits per heavy atom. The van der Waals surface area contributed by atoms with Gasteiger partial charge in [0.15, 0.2) is 16.1 Å². The van der Waals surface area contributed by atoms with Crippen LogP contribution in [0.2, 0.25) is 0 Å². The van der Waals surface area contributed by atoms with Crippen molar-refractivity contribution in [2.75, 3.05) is 6.54 Å². The third-order valence-electron chi connectivity index (χ3n) is 4.48. The molecule has 1 atom stereocenters. The molecule has 4 rings (SSSR count). The number of rotatable bonds is 6. The van der Waals surface area contributed by atoms with Crippen molar-refractivity contribution in [2.45, 2.75) is 55.4 Å². The van der Waals surface area contributed by atoms with E-state index in [1.54, 1.807) is 6.33 Å². The van der Waals surface area contributed by atoms with Crippen molar-refractivity contribution in [3.8, 4) is 0 Å². The molecule has 0 N–H and O–H groups in total. The van der Waals surface area contributed by atoms with Gasteiger partial charge in [-0.05, 0) is 43.3 Å². The molecule has 1 unspecified atom stereocenters. The number of aromatic nitrogens is 5. The van der Waals surface area contributed by atoms with Crippen LogP contribution in [0.5, 0.6) is 0 Å². The van der Waals surface area contributed by atoms with Crippen molar-refractivity contribution in [1.29, 1.82) is 0 Å². The maximum Gasteiger partial charge on any atom is 0.244 e. The highest BCUT2D eigenvalue weighted by molar-refractivity contribution is 7.99. The molecule has 0 spiro atoms. The molecule has 3 aromatic rings. The van der Waals surface area contributed by atoms with Gasteiger partial charge in [-0.2, -0.15) is 4.98 Å². The van der Waals surface area contributed by atoms with Gasteiger partial charge in [0.1, 0.15) is 12.1 Å². The molecule has 138 valence electrons. The first kappa shape index (κ1) is 17.3. The fourth-order valence-electron chi connectivity index (χ4n) is 3.07. The molecule has 9 heteroatoms. The Kier molecular flexibility index (Phi) is 4.82. The molecule has 0 radical (unpaired) electrons. The average molecular weight is 374 g/mol. The van der Waals surface area contributed by atoms with E-state index in [9.17, 15) is 0 Å². The first-order valence-corrected chi connectivity index (χ1v) is 9.60. The zero-order valence-corrected chi connectivity index (χ0v) is 15.9. The predicted molar refractivity (Wildman–Crippen MR) is 94.6 cm³/mol. The molecule has 0 bridgehead atoms. The quantitative estimate of drug-likeness (QED) is 0.649. The number of likely N-dealkylation sites (tertiary alicyclic amines) is 1. The van der Waals surface area contributed by atoms with Crippen LogP contribution in [0.3, 0.4) is 0 Å². The zero-order valence-electron chi connectivity index (χ0n) is 15.1. The van der Waals surface area contributed by atoms with Gasteiger partial charge in [0.05, 0.1) is 12.6 Å². The lowest BCUT2D eigenvalue weighted by atomic mass is 10.2. The molecule has 1 saturated heterocycles. The number of nitrogens with zero attached hydrogens (tertiary/aromatic N) is 6. The molecular formula is C17H22N6O2S. The highest BCUT2D eigenvalue weighted by Crippen LogP contribution is 2.34. The number of hydrogen-bond acceptors (Lipinski definition) is 8. The van der Waals surface area contributed by atoms with E-state index in [1.807, 2.05) is 23.7 Å². The second-order valence-corrected chi connectivity index (χ2v) is 7.79. The van der Waals surface area contributed by atoms with Crippen LogP contribution in [0.4, 0.5) is 0 Å². The minimum atomic E-state index is 0.162. The Morgan fingerprint density at radius 3 is 2.96 bits per heavy atom. The second-order valence-electron chi connectivity index (χ2n) is 6.82. The Balaban J connectivity index is 1.43. The van der Waals surface area contributed by atoms with Crippen molar-refractivity contribution in [2.24, 2.45) is 7.05 Å². The lowest BCUT2D eigenvalue weighted by Crippen LogP contribution is -2.22. The van der Waals surface area contributed by atoms with Crippen LogP contribution in [-0.4, -0.2) is 36.3 Å². The summed E-state index contributed by atoms with van der Waals surface area (Å²) in [6.45, 7) is 5.86. The van der Waals surface area contributed by atoms with Crippen LogP contribution in [-0.2, 0) is 13.6 Å². The maximum absolute atomic E-state index is 5.98. The van der Waals surface area contributed by atoms with E-state index in [2.05, 4.69) is 39.1 Å². The second kappa shape index (κ2) is 7.24. The Labute approximate surface area is 156 Å². The molecule has 1 aliphatic heterocycles. The van der Waals surface area contributed by atoms with Crippen LogP contribution in [0.1, 0.15) is 56.1 Å². The SMILES string of the molecule is CC(C)c1noc(C2CCCN2Cc2ccc(Sc3nncn3C)o2)n1. The maximum atomic E-state index is 5.98. The van der Waals surface area contributed by atoms with Crippen LogP contribution < -0.4 is 0 Å². The number of furan rings is 1. The van der Waals surface area contributed by atoms with E-state index < -0.39 is 0 Å². The minimum absolute atomic E-state index is 0.162. The van der Waals surface area contributed by atoms with E-state index in [-0.39, 0.29) is 12.0 Å². The monoisotopic (exact) mass is 374 g/mol. The molecule has 0 amide bonds. The summed E-state index contributed by atoms with van der Waals surface area (Å²) in [5.74, 6) is 2.68. The van der Waals surface area contributed by atoms with Crippen LogP contribution in [0.15, 0.2) is 37.6 Å². The van der Waals surface area contributed by atoms with Gasteiger partial charge in [0.25, 0.3) is 0 Å². The summed E-state index contributed by atoms with van der Waals surface area (Å²) >= 11 is 1.47. The topological polar surface area (TPSA) is 86.0 Å². The summed E-state index contributed by atoms with van der Waals surface area (Å²) in [7, 11) is 1.91. The van der Waals surface area contributed by atoms with Crippen molar-refractivity contribution in [3.63, 3.8) is 0 Å². The first-order valence-electron chi connectivity index (χ1n) is 8.78. The Hall–Kier alpha value is -2.13. The summed E-state index contributed by atoms with van der Waals surface area (Å²) in [4.78, 5) is 6.92. The predicted octanol–water partition coefficient (Wildman–Crippen LogP) is 3.40.